The molecule has 2 atom stereocenters. The Kier molecular flexibility index (Phi) is 7.24. The number of pyridine rings is 1. The van der Waals surface area contributed by atoms with Crippen LogP contribution in [-0.4, -0.2) is 68.9 Å². The number of anilines is 2. The molecular formula is C29H32N9O4S+. The summed E-state index contributed by atoms with van der Waals surface area (Å²) in [5.74, 6) is -0.0684. The van der Waals surface area contributed by atoms with Crippen molar-refractivity contribution in [3.05, 3.63) is 64.0 Å². The summed E-state index contributed by atoms with van der Waals surface area (Å²) in [5.41, 5.74) is 13.6. The highest BCUT2D eigenvalue weighted by Crippen LogP contribution is 2.35. The van der Waals surface area contributed by atoms with Gasteiger partial charge in [0, 0.05) is 38.2 Å². The fourth-order valence-electron chi connectivity index (χ4n) is 5.90. The van der Waals surface area contributed by atoms with Crippen molar-refractivity contribution >= 4 is 44.1 Å². The fourth-order valence-corrected chi connectivity index (χ4v) is 7.09. The third kappa shape index (κ3) is 5.21. The smallest absolute Gasteiger partial charge is 0.254 e. The summed E-state index contributed by atoms with van der Waals surface area (Å²) in [6.45, 7) is 2.73. The summed E-state index contributed by atoms with van der Waals surface area (Å²) in [5, 5.41) is 12.6. The molecule has 2 aliphatic rings. The molecule has 13 nitrogen and oxygen atoms in total. The van der Waals surface area contributed by atoms with Crippen LogP contribution in [0.25, 0.3) is 27.2 Å². The lowest BCUT2D eigenvalue weighted by Crippen LogP contribution is -2.68. The molecule has 0 radical (unpaired) electrons. The van der Waals surface area contributed by atoms with Crippen LogP contribution in [0.3, 0.4) is 0 Å². The maximum absolute atomic E-state index is 12.8. The standard InChI is InChI=1S/C29H31N9O4S/c30-18-3-1-2-4-20(18)34-29-35-21(24(27(31)40)28-36-33-15-38(28)29)11-16-5-6-19(32-13-16)17-14-42-25-22(39)12-23(43-26(17)25)37-7-9-41-10-8-37/h5-6,12-15,18,20H,1-4,7-11,30H2,(H2,31,40)(H,34,35)/p+1/t18-,20+/m1/s1. The molecular weight excluding hydrogens is 570 g/mol. The fraction of sp³-hybridized carbons (Fsp3) is 0.379. The molecule has 0 unspecified atom stereocenters. The van der Waals surface area contributed by atoms with Crippen LogP contribution in [-0.2, 0) is 11.2 Å². The second-order valence-electron chi connectivity index (χ2n) is 11.0. The molecule has 6 N–H and O–H groups in total. The van der Waals surface area contributed by atoms with E-state index in [-0.39, 0.29) is 23.1 Å². The van der Waals surface area contributed by atoms with Gasteiger partial charge in [-0.25, -0.2) is 4.98 Å². The van der Waals surface area contributed by atoms with Crippen molar-refractivity contribution in [1.82, 2.24) is 24.6 Å². The molecule has 14 heteroatoms. The Morgan fingerprint density at radius 3 is 2.81 bits per heavy atom. The van der Waals surface area contributed by atoms with Crippen molar-refractivity contribution in [2.24, 2.45) is 5.73 Å². The maximum Gasteiger partial charge on any atom is 0.254 e. The number of carbonyl (C=O) groups excluding carboxylic acids is 1. The summed E-state index contributed by atoms with van der Waals surface area (Å²) in [7, 11) is 0. The van der Waals surface area contributed by atoms with Gasteiger partial charge in [0.05, 0.1) is 45.9 Å². The van der Waals surface area contributed by atoms with Crippen molar-refractivity contribution in [3.63, 3.8) is 0 Å². The lowest BCUT2D eigenvalue weighted by molar-refractivity contribution is -0.427. The highest BCUT2D eigenvalue weighted by atomic mass is 32.1. The van der Waals surface area contributed by atoms with Gasteiger partial charge in [-0.1, -0.05) is 12.5 Å². The molecule has 1 aliphatic carbocycles. The lowest BCUT2D eigenvalue weighted by atomic mass is 9.91. The molecule has 0 aromatic carbocycles. The maximum atomic E-state index is 12.8. The first-order valence-corrected chi connectivity index (χ1v) is 15.2. The number of rotatable bonds is 7. The number of hydrogen-bond donors (Lipinski definition) is 3. The SMILES string of the molecule is NC(=O)c1c(Cc2ccc(-c3coc4c(=O)cc(N5CCOCC5)sc34)nc2)nc(N[C@H]2CCCC[C@H]2[NH3+])n2cnnc12. The summed E-state index contributed by atoms with van der Waals surface area (Å²) in [6, 6.07) is 5.85. The second-order valence-corrected chi connectivity index (χ2v) is 12.1. The number of quaternary nitrogens is 1. The number of carbonyl (C=O) groups is 1. The summed E-state index contributed by atoms with van der Waals surface area (Å²) < 4.78 is 13.6. The van der Waals surface area contributed by atoms with Gasteiger partial charge in [0.25, 0.3) is 5.91 Å². The molecule has 5 aromatic rings. The quantitative estimate of drug-likeness (QED) is 0.249. The van der Waals surface area contributed by atoms with E-state index in [1.54, 1.807) is 22.9 Å². The number of amides is 1. The number of primary amides is 1. The molecule has 222 valence electrons. The van der Waals surface area contributed by atoms with E-state index >= 15 is 0 Å². The van der Waals surface area contributed by atoms with Gasteiger partial charge in [0.2, 0.25) is 11.4 Å². The number of nitrogens with one attached hydrogen (secondary N) is 1. The van der Waals surface area contributed by atoms with Gasteiger partial charge >= 0.3 is 0 Å². The van der Waals surface area contributed by atoms with E-state index in [0.29, 0.717) is 48.2 Å². The number of ether oxygens (including phenoxy) is 1. The Labute approximate surface area is 249 Å². The zero-order valence-corrected chi connectivity index (χ0v) is 24.3. The molecule has 0 bridgehead atoms. The Hall–Kier alpha value is -4.40. The summed E-state index contributed by atoms with van der Waals surface area (Å²) in [6.07, 6.45) is 9.49. The van der Waals surface area contributed by atoms with Gasteiger partial charge < -0.3 is 30.8 Å². The van der Waals surface area contributed by atoms with Crippen LogP contribution in [0.15, 0.2) is 46.2 Å². The number of morpholine rings is 1. The third-order valence-corrected chi connectivity index (χ3v) is 9.42. The van der Waals surface area contributed by atoms with E-state index in [0.717, 1.165) is 53.2 Å². The van der Waals surface area contributed by atoms with E-state index in [9.17, 15) is 9.59 Å². The van der Waals surface area contributed by atoms with E-state index in [4.69, 9.17) is 24.9 Å². The minimum absolute atomic E-state index is 0.157. The molecule has 1 aliphatic heterocycles. The van der Waals surface area contributed by atoms with Gasteiger partial charge in [0.15, 0.2) is 11.2 Å². The van der Waals surface area contributed by atoms with Crippen LogP contribution in [0, 0.1) is 0 Å². The minimum Gasteiger partial charge on any atom is -0.459 e. The Bertz CT molecular complexity index is 1860. The molecule has 7 rings (SSSR count). The second kappa shape index (κ2) is 11.4. The number of fused-ring (bicyclic) bond motifs is 2. The van der Waals surface area contributed by atoms with Crippen LogP contribution in [0.4, 0.5) is 10.9 Å². The molecule has 2 fully saturated rings. The van der Waals surface area contributed by atoms with Crippen LogP contribution in [0.1, 0.15) is 47.3 Å². The van der Waals surface area contributed by atoms with E-state index in [1.165, 1.54) is 24.1 Å². The van der Waals surface area contributed by atoms with Crippen molar-refractivity contribution in [2.75, 3.05) is 36.5 Å². The molecule has 1 saturated carbocycles. The molecule has 43 heavy (non-hydrogen) atoms. The van der Waals surface area contributed by atoms with Gasteiger partial charge in [-0.3, -0.25) is 19.0 Å². The summed E-state index contributed by atoms with van der Waals surface area (Å²) >= 11 is 1.51. The predicted octanol–water partition coefficient (Wildman–Crippen LogP) is 1.85. The van der Waals surface area contributed by atoms with Gasteiger partial charge in [0.1, 0.15) is 24.2 Å². The Balaban J connectivity index is 1.20. The first-order valence-electron chi connectivity index (χ1n) is 14.4. The molecule has 1 saturated heterocycles. The van der Waals surface area contributed by atoms with Crippen molar-refractivity contribution < 1.29 is 19.7 Å². The van der Waals surface area contributed by atoms with Crippen molar-refractivity contribution in [3.8, 4) is 11.3 Å². The Morgan fingerprint density at radius 1 is 1.21 bits per heavy atom. The van der Waals surface area contributed by atoms with E-state index in [2.05, 4.69) is 26.1 Å². The first-order chi connectivity index (χ1) is 21.0. The monoisotopic (exact) mass is 602 g/mol. The predicted molar refractivity (Wildman–Crippen MR) is 161 cm³/mol. The number of hydrogen-bond acceptors (Lipinski definition) is 11. The molecule has 1 amide bonds. The minimum atomic E-state index is -0.625. The molecule has 0 spiro atoms. The lowest BCUT2D eigenvalue weighted by Gasteiger charge is -2.27. The normalized spacial score (nSPS) is 19.2. The van der Waals surface area contributed by atoms with Gasteiger partial charge in [-0.05, 0) is 24.5 Å². The van der Waals surface area contributed by atoms with Gasteiger partial charge in [-0.2, -0.15) is 0 Å². The highest BCUT2D eigenvalue weighted by molar-refractivity contribution is 7.22. The average Bonchev–Trinajstić information content (AvgIpc) is 3.67. The van der Waals surface area contributed by atoms with E-state index < -0.39 is 5.91 Å². The van der Waals surface area contributed by atoms with Crippen LogP contribution >= 0.6 is 11.3 Å². The zero-order chi connectivity index (χ0) is 29.5. The number of furan rings is 1. The topological polar surface area (TPSA) is 181 Å². The Morgan fingerprint density at radius 2 is 2.05 bits per heavy atom. The van der Waals surface area contributed by atoms with Crippen LogP contribution in [0.5, 0.6) is 0 Å². The zero-order valence-electron chi connectivity index (χ0n) is 23.5. The highest BCUT2D eigenvalue weighted by Gasteiger charge is 2.28. The summed E-state index contributed by atoms with van der Waals surface area (Å²) in [4.78, 5) is 37.1. The number of nitrogens with two attached hydrogens (primary N) is 1. The van der Waals surface area contributed by atoms with Crippen molar-refractivity contribution in [1.29, 1.82) is 0 Å². The number of nitrogens with zero attached hydrogens (tertiary/aromatic N) is 6. The molecule has 6 heterocycles. The largest absolute Gasteiger partial charge is 0.459 e. The van der Waals surface area contributed by atoms with E-state index in [1.807, 2.05) is 12.1 Å². The van der Waals surface area contributed by atoms with Crippen LogP contribution in [0.2, 0.25) is 0 Å². The average molecular weight is 603 g/mol. The van der Waals surface area contributed by atoms with Crippen molar-refractivity contribution in [2.45, 2.75) is 44.2 Å². The third-order valence-electron chi connectivity index (χ3n) is 8.22. The number of aromatic nitrogens is 5. The first kappa shape index (κ1) is 27.4. The van der Waals surface area contributed by atoms with Crippen LogP contribution < -0.4 is 27.1 Å². The van der Waals surface area contributed by atoms with Gasteiger partial charge in [-0.15, -0.1) is 21.5 Å². The molecule has 5 aromatic heterocycles.